The van der Waals surface area contributed by atoms with E-state index in [4.69, 9.17) is 11.3 Å². The van der Waals surface area contributed by atoms with Crippen molar-refractivity contribution in [1.29, 1.82) is 0 Å². The normalized spacial score (nSPS) is 14.4. The van der Waals surface area contributed by atoms with Gasteiger partial charge in [-0.3, -0.25) is 4.85 Å². The molecule has 3 nitrogen and oxygen atoms in total. The number of nitrogens with zero attached hydrogens (tertiary/aromatic N) is 1. The van der Waals surface area contributed by atoms with Crippen LogP contribution in [0.3, 0.4) is 0 Å². The maximum Gasteiger partial charge on any atom is 0.357 e. The lowest BCUT2D eigenvalue weighted by Gasteiger charge is -2.16. The van der Waals surface area contributed by atoms with Gasteiger partial charge in [0.2, 0.25) is 0 Å². The molecule has 0 heterocycles. The van der Waals surface area contributed by atoms with Gasteiger partial charge in [-0.1, -0.05) is 42.7 Å². The first-order chi connectivity index (χ1) is 12.3. The Kier molecular flexibility index (Phi) is 5.74. The Hall–Kier alpha value is -2.73. The summed E-state index contributed by atoms with van der Waals surface area (Å²) in [4.78, 5) is 3.22. The van der Waals surface area contributed by atoms with Gasteiger partial charge in [0, 0.05) is 0 Å². The lowest BCUT2D eigenvalue weighted by molar-refractivity contribution is 0.361. The van der Waals surface area contributed by atoms with E-state index in [9.17, 15) is 5.11 Å². The molecule has 0 saturated heterocycles. The molecule has 3 rings (SSSR count). The number of aromatic hydroxyl groups is 1. The highest BCUT2D eigenvalue weighted by Crippen LogP contribution is 2.35. The van der Waals surface area contributed by atoms with Crippen LogP contribution in [0.2, 0.25) is 0 Å². The van der Waals surface area contributed by atoms with Crippen LogP contribution in [0, 0.1) is 6.57 Å². The van der Waals surface area contributed by atoms with Gasteiger partial charge in [0.25, 0.3) is 0 Å². The van der Waals surface area contributed by atoms with E-state index < -0.39 is 0 Å². The molecule has 0 radical (unpaired) electrons. The Morgan fingerprint density at radius 3 is 2.00 bits per heavy atom. The monoisotopic (exact) mass is 333 g/mol. The summed E-state index contributed by atoms with van der Waals surface area (Å²) in [5.74, 6) is 1.01. The molecule has 0 spiro atoms. The fourth-order valence-corrected chi connectivity index (χ4v) is 3.43. The summed E-state index contributed by atoms with van der Waals surface area (Å²) in [6, 6.07) is 15.5. The van der Waals surface area contributed by atoms with E-state index in [2.05, 4.69) is 17.0 Å². The Morgan fingerprint density at radius 2 is 1.44 bits per heavy atom. The van der Waals surface area contributed by atoms with Gasteiger partial charge >= 0.3 is 6.73 Å². The molecule has 0 aliphatic heterocycles. The summed E-state index contributed by atoms with van der Waals surface area (Å²) in [5.41, 5.74) is 5.08. The summed E-state index contributed by atoms with van der Waals surface area (Å²) >= 11 is 0. The van der Waals surface area contributed by atoms with E-state index in [1.165, 1.54) is 36.8 Å². The molecule has 0 amide bonds. The molecule has 1 N–H and O–H groups in total. The first kappa shape index (κ1) is 17.1. The maximum absolute atomic E-state index is 9.63. The largest absolute Gasteiger partial charge is 0.508 e. The Bertz CT molecular complexity index is 757. The third-order valence-electron chi connectivity index (χ3n) is 4.66. The highest BCUT2D eigenvalue weighted by Gasteiger charge is 2.14. The van der Waals surface area contributed by atoms with Crippen molar-refractivity contribution in [2.75, 3.05) is 6.73 Å². The van der Waals surface area contributed by atoms with Crippen LogP contribution in [-0.4, -0.2) is 11.8 Å². The quantitative estimate of drug-likeness (QED) is 0.566. The molecular weight excluding hydrogens is 310 g/mol. The molecule has 1 aliphatic carbocycles. The predicted molar refractivity (Wildman–Crippen MR) is 100 cm³/mol. The Morgan fingerprint density at radius 1 is 0.880 bits per heavy atom. The topological polar surface area (TPSA) is 33.8 Å². The Balaban J connectivity index is 2.00. The molecule has 1 fully saturated rings. The summed E-state index contributed by atoms with van der Waals surface area (Å²) < 4.78 is 5.37. The standard InChI is InChI=1S/C22H23NO2/c1-23-16-25-21-14-10-19(11-15-21)22(17-6-4-2-3-5-7-17)18-8-12-20(24)13-9-18/h8-15,24H,2-7,16H2. The second-order valence-corrected chi connectivity index (χ2v) is 6.40. The zero-order chi connectivity index (χ0) is 17.5. The van der Waals surface area contributed by atoms with Crippen molar-refractivity contribution in [1.82, 2.24) is 0 Å². The van der Waals surface area contributed by atoms with Crippen molar-refractivity contribution in [3.8, 4) is 11.5 Å². The molecule has 2 aromatic carbocycles. The van der Waals surface area contributed by atoms with Gasteiger partial charge in [0.15, 0.2) is 0 Å². The molecule has 0 atom stereocenters. The highest BCUT2D eigenvalue weighted by atomic mass is 16.5. The van der Waals surface area contributed by atoms with Crippen molar-refractivity contribution >= 4 is 5.57 Å². The smallest absolute Gasteiger partial charge is 0.357 e. The van der Waals surface area contributed by atoms with Crippen LogP contribution in [0.5, 0.6) is 11.5 Å². The number of hydrogen-bond acceptors (Lipinski definition) is 2. The van der Waals surface area contributed by atoms with Gasteiger partial charge in [-0.15, -0.1) is 0 Å². The van der Waals surface area contributed by atoms with Gasteiger partial charge in [0.1, 0.15) is 11.5 Å². The number of phenols is 1. The van der Waals surface area contributed by atoms with Crippen LogP contribution in [0.15, 0.2) is 54.1 Å². The minimum Gasteiger partial charge on any atom is -0.508 e. The van der Waals surface area contributed by atoms with Gasteiger partial charge in [-0.2, -0.15) is 0 Å². The van der Waals surface area contributed by atoms with Crippen LogP contribution >= 0.6 is 0 Å². The van der Waals surface area contributed by atoms with Crippen molar-refractivity contribution in [3.63, 3.8) is 0 Å². The van der Waals surface area contributed by atoms with E-state index in [-0.39, 0.29) is 12.5 Å². The molecule has 25 heavy (non-hydrogen) atoms. The molecule has 3 heteroatoms. The van der Waals surface area contributed by atoms with Gasteiger partial charge < -0.3 is 9.84 Å². The van der Waals surface area contributed by atoms with E-state index in [1.54, 1.807) is 12.1 Å². The summed E-state index contributed by atoms with van der Waals surface area (Å²) in [6.07, 6.45) is 7.34. The van der Waals surface area contributed by atoms with Crippen molar-refractivity contribution < 1.29 is 9.84 Å². The van der Waals surface area contributed by atoms with Gasteiger partial charge in [-0.05, 0) is 66.6 Å². The molecule has 0 bridgehead atoms. The van der Waals surface area contributed by atoms with E-state index in [0.29, 0.717) is 0 Å². The van der Waals surface area contributed by atoms with Gasteiger partial charge in [-0.25, -0.2) is 6.57 Å². The average molecular weight is 333 g/mol. The lowest BCUT2D eigenvalue weighted by atomic mass is 9.89. The number of phenolic OH excluding ortho intramolecular Hbond substituents is 1. The number of allylic oxidation sites excluding steroid dienone is 1. The minimum absolute atomic E-state index is 0.0469. The number of rotatable bonds is 4. The lowest BCUT2D eigenvalue weighted by Crippen LogP contribution is -1.96. The van der Waals surface area contributed by atoms with Crippen molar-refractivity contribution in [2.45, 2.75) is 38.5 Å². The molecule has 1 saturated carbocycles. The second kappa shape index (κ2) is 8.39. The van der Waals surface area contributed by atoms with Crippen LogP contribution in [0.25, 0.3) is 10.4 Å². The fraction of sp³-hybridized carbons (Fsp3) is 0.318. The number of ether oxygens (including phenoxy) is 1. The third kappa shape index (κ3) is 4.42. The zero-order valence-corrected chi connectivity index (χ0v) is 14.4. The average Bonchev–Trinajstić information content (AvgIpc) is 2.92. The van der Waals surface area contributed by atoms with Crippen molar-refractivity contribution in [2.24, 2.45) is 0 Å². The van der Waals surface area contributed by atoms with Crippen LogP contribution < -0.4 is 4.74 Å². The van der Waals surface area contributed by atoms with E-state index in [0.717, 1.165) is 29.7 Å². The van der Waals surface area contributed by atoms with Crippen molar-refractivity contribution in [3.05, 3.63) is 76.6 Å². The molecule has 128 valence electrons. The molecule has 2 aromatic rings. The molecular formula is C22H23NO2. The minimum atomic E-state index is 0.0469. The summed E-state index contributed by atoms with van der Waals surface area (Å²) in [6.45, 7) is 6.87. The predicted octanol–water partition coefficient (Wildman–Crippen LogP) is 5.80. The number of hydrogen-bond donors (Lipinski definition) is 1. The first-order valence-electron chi connectivity index (χ1n) is 8.86. The van der Waals surface area contributed by atoms with Crippen LogP contribution in [-0.2, 0) is 0 Å². The third-order valence-corrected chi connectivity index (χ3v) is 4.66. The van der Waals surface area contributed by atoms with E-state index >= 15 is 0 Å². The second-order valence-electron chi connectivity index (χ2n) is 6.40. The summed E-state index contributed by atoms with van der Waals surface area (Å²) in [7, 11) is 0. The molecule has 0 aromatic heterocycles. The summed E-state index contributed by atoms with van der Waals surface area (Å²) in [5, 5.41) is 9.63. The highest BCUT2D eigenvalue weighted by molar-refractivity contribution is 5.82. The SMILES string of the molecule is [C-]#[N+]COc1ccc(C(=C2CCCCCC2)c2ccc(O)cc2)cc1. The molecule has 0 unspecified atom stereocenters. The Labute approximate surface area is 149 Å². The maximum atomic E-state index is 9.63. The zero-order valence-electron chi connectivity index (χ0n) is 14.4. The van der Waals surface area contributed by atoms with E-state index in [1.807, 2.05) is 24.3 Å². The van der Waals surface area contributed by atoms with Crippen LogP contribution in [0.1, 0.15) is 49.7 Å². The fourth-order valence-electron chi connectivity index (χ4n) is 3.43. The van der Waals surface area contributed by atoms with Gasteiger partial charge in [0.05, 0.1) is 0 Å². The molecule has 1 aliphatic rings. The van der Waals surface area contributed by atoms with Crippen LogP contribution in [0.4, 0.5) is 0 Å². The number of benzene rings is 2. The first-order valence-corrected chi connectivity index (χ1v) is 8.86.